The number of amides is 1. The van der Waals surface area contributed by atoms with E-state index in [2.05, 4.69) is 39.8 Å². The number of nitrogens with zero attached hydrogens (tertiary/aromatic N) is 1. The van der Waals surface area contributed by atoms with E-state index in [1.165, 1.54) is 17.3 Å². The molecule has 0 aliphatic carbocycles. The minimum Gasteiger partial charge on any atom is -0.490 e. The van der Waals surface area contributed by atoms with Gasteiger partial charge < -0.3 is 19.9 Å². The molecule has 0 spiro atoms. The summed E-state index contributed by atoms with van der Waals surface area (Å²) in [4.78, 5) is 28.3. The van der Waals surface area contributed by atoms with E-state index in [0.29, 0.717) is 31.7 Å². The lowest BCUT2D eigenvalue weighted by atomic mass is 10.2. The van der Waals surface area contributed by atoms with Crippen LogP contribution in [0.15, 0.2) is 46.3 Å². The van der Waals surface area contributed by atoms with Gasteiger partial charge in [0.2, 0.25) is 0 Å². The Bertz CT molecular complexity index is 1050. The second kappa shape index (κ2) is 10.7. The van der Waals surface area contributed by atoms with Crippen LogP contribution in [0.3, 0.4) is 0 Å². The van der Waals surface area contributed by atoms with Gasteiger partial charge in [-0.1, -0.05) is 19.1 Å². The van der Waals surface area contributed by atoms with Crippen molar-refractivity contribution >= 4 is 63.2 Å². The Labute approximate surface area is 198 Å². The van der Waals surface area contributed by atoms with Crippen LogP contribution in [0.25, 0.3) is 6.08 Å². The molecule has 1 aliphatic rings. The van der Waals surface area contributed by atoms with Gasteiger partial charge in [-0.25, -0.2) is 9.79 Å². The first-order valence-electron chi connectivity index (χ1n) is 9.59. The first-order valence-corrected chi connectivity index (χ1v) is 11.5. The summed E-state index contributed by atoms with van der Waals surface area (Å²) in [6.45, 7) is 3.85. The number of aliphatic carboxylic acids is 1. The molecule has 0 bridgehead atoms. The fourth-order valence-corrected chi connectivity index (χ4v) is 4.39. The number of nitrogens with one attached hydrogen (secondary N) is 1. The van der Waals surface area contributed by atoms with Crippen molar-refractivity contribution in [2.45, 2.75) is 20.3 Å². The molecule has 9 heteroatoms. The number of halogens is 1. The van der Waals surface area contributed by atoms with Crippen LogP contribution in [0.1, 0.15) is 25.0 Å². The summed E-state index contributed by atoms with van der Waals surface area (Å²) < 4.78 is 11.7. The molecular weight excluding hydrogens is 531 g/mol. The molecule has 1 heterocycles. The summed E-state index contributed by atoms with van der Waals surface area (Å²) >= 11 is 3.32. The largest absolute Gasteiger partial charge is 0.490 e. The molecule has 1 amide bonds. The van der Waals surface area contributed by atoms with Crippen LogP contribution in [-0.4, -0.2) is 35.4 Å². The third kappa shape index (κ3) is 6.23. The Morgan fingerprint density at radius 2 is 1.97 bits per heavy atom. The maximum atomic E-state index is 12.4. The topological polar surface area (TPSA) is 97.2 Å². The predicted octanol–water partition coefficient (Wildman–Crippen LogP) is 4.61. The van der Waals surface area contributed by atoms with E-state index < -0.39 is 12.6 Å². The first kappa shape index (κ1) is 23.1. The number of carboxylic acids is 1. The number of rotatable bonds is 8. The van der Waals surface area contributed by atoms with Crippen LogP contribution in [0.2, 0.25) is 0 Å². The fraction of sp³-hybridized carbons (Fsp3) is 0.227. The highest BCUT2D eigenvalue weighted by Crippen LogP contribution is 2.36. The van der Waals surface area contributed by atoms with E-state index in [1.54, 1.807) is 18.2 Å². The zero-order valence-electron chi connectivity index (χ0n) is 17.0. The van der Waals surface area contributed by atoms with E-state index in [0.717, 1.165) is 17.7 Å². The number of carbonyl (C=O) groups is 2. The SMILES string of the molecule is CCOc1cc(/C=C2\SC(=Nc3ccc(CC)cc3)NC2=O)cc(I)c1OCC(=O)O. The summed E-state index contributed by atoms with van der Waals surface area (Å²) in [6.07, 6.45) is 2.70. The maximum absolute atomic E-state index is 12.4. The summed E-state index contributed by atoms with van der Waals surface area (Å²) in [5.74, 6) is -0.503. The molecule has 0 aromatic heterocycles. The normalized spacial score (nSPS) is 15.9. The molecule has 2 aromatic rings. The summed E-state index contributed by atoms with van der Waals surface area (Å²) in [6, 6.07) is 11.4. The quantitative estimate of drug-likeness (QED) is 0.367. The Balaban J connectivity index is 1.83. The zero-order chi connectivity index (χ0) is 22.4. The molecule has 2 N–H and O–H groups in total. The van der Waals surface area contributed by atoms with E-state index in [4.69, 9.17) is 14.6 Å². The van der Waals surface area contributed by atoms with Gasteiger partial charge in [0, 0.05) is 0 Å². The van der Waals surface area contributed by atoms with E-state index >= 15 is 0 Å². The van der Waals surface area contributed by atoms with Crippen molar-refractivity contribution in [2.75, 3.05) is 13.2 Å². The molecule has 1 fully saturated rings. The number of aliphatic imine (C=N–C) groups is 1. The van der Waals surface area contributed by atoms with E-state index in [-0.39, 0.29) is 5.91 Å². The molecule has 31 heavy (non-hydrogen) atoms. The van der Waals surface area contributed by atoms with Crippen molar-refractivity contribution in [3.05, 3.63) is 56.0 Å². The average molecular weight is 552 g/mol. The van der Waals surface area contributed by atoms with Crippen molar-refractivity contribution in [3.63, 3.8) is 0 Å². The highest BCUT2D eigenvalue weighted by molar-refractivity contribution is 14.1. The number of thioether (sulfide) groups is 1. The van der Waals surface area contributed by atoms with Crippen molar-refractivity contribution in [1.82, 2.24) is 5.32 Å². The fourth-order valence-electron chi connectivity index (χ4n) is 2.76. The van der Waals surface area contributed by atoms with Gasteiger partial charge in [0.05, 0.1) is 20.8 Å². The van der Waals surface area contributed by atoms with E-state index in [1.807, 2.05) is 31.2 Å². The van der Waals surface area contributed by atoms with Crippen molar-refractivity contribution in [1.29, 1.82) is 0 Å². The average Bonchev–Trinajstić information content (AvgIpc) is 3.06. The number of hydrogen-bond acceptors (Lipinski definition) is 6. The highest BCUT2D eigenvalue weighted by atomic mass is 127. The Morgan fingerprint density at radius 1 is 1.23 bits per heavy atom. The Kier molecular flexibility index (Phi) is 7.97. The van der Waals surface area contributed by atoms with Crippen molar-refractivity contribution in [3.8, 4) is 11.5 Å². The molecule has 1 saturated heterocycles. The molecule has 0 atom stereocenters. The van der Waals surface area contributed by atoms with Gasteiger partial charge in [0.15, 0.2) is 23.3 Å². The monoisotopic (exact) mass is 552 g/mol. The van der Waals surface area contributed by atoms with Crippen LogP contribution < -0.4 is 14.8 Å². The minimum atomic E-state index is -1.07. The molecule has 1 aliphatic heterocycles. The van der Waals surface area contributed by atoms with Crippen LogP contribution in [0.5, 0.6) is 11.5 Å². The highest BCUT2D eigenvalue weighted by Gasteiger charge is 2.24. The standard InChI is InChI=1S/C22H21IN2O5S/c1-3-13-5-7-15(8-6-13)24-22-25-21(28)18(31-22)11-14-9-16(23)20(30-12-19(26)27)17(10-14)29-4-2/h5-11H,3-4,12H2,1-2H3,(H,26,27)(H,24,25,28)/b18-11-. The van der Waals surface area contributed by atoms with Gasteiger partial charge in [-0.2, -0.15) is 0 Å². The molecule has 7 nitrogen and oxygen atoms in total. The third-order valence-electron chi connectivity index (χ3n) is 4.20. The number of carbonyl (C=O) groups excluding carboxylic acids is 1. The number of benzene rings is 2. The lowest BCUT2D eigenvalue weighted by Gasteiger charge is -2.13. The molecule has 2 aromatic carbocycles. The predicted molar refractivity (Wildman–Crippen MR) is 130 cm³/mol. The van der Waals surface area contributed by atoms with Gasteiger partial charge >= 0.3 is 5.97 Å². The number of hydrogen-bond donors (Lipinski definition) is 2. The van der Waals surface area contributed by atoms with Crippen LogP contribution in [0, 0.1) is 3.57 Å². The minimum absolute atomic E-state index is 0.229. The Hall–Kier alpha value is -2.53. The zero-order valence-corrected chi connectivity index (χ0v) is 20.0. The molecule has 3 rings (SSSR count). The lowest BCUT2D eigenvalue weighted by molar-refractivity contribution is -0.139. The molecule has 0 radical (unpaired) electrons. The van der Waals surface area contributed by atoms with E-state index in [9.17, 15) is 9.59 Å². The van der Waals surface area contributed by atoms with Crippen LogP contribution in [0.4, 0.5) is 5.69 Å². The van der Waals surface area contributed by atoms with Crippen LogP contribution >= 0.6 is 34.4 Å². The molecule has 0 saturated carbocycles. The van der Waals surface area contributed by atoms with Crippen molar-refractivity contribution in [2.24, 2.45) is 4.99 Å². The van der Waals surface area contributed by atoms with Gasteiger partial charge in [-0.15, -0.1) is 0 Å². The van der Waals surface area contributed by atoms with Gasteiger partial charge in [0.1, 0.15) is 0 Å². The smallest absolute Gasteiger partial charge is 0.341 e. The summed E-state index contributed by atoms with van der Waals surface area (Å²) in [7, 11) is 0. The maximum Gasteiger partial charge on any atom is 0.341 e. The second-order valence-electron chi connectivity index (χ2n) is 6.45. The Morgan fingerprint density at radius 3 is 2.61 bits per heavy atom. The van der Waals surface area contributed by atoms with Gasteiger partial charge in [-0.3, -0.25) is 4.79 Å². The number of aryl methyl sites for hydroxylation is 1. The number of carboxylic acid groups (broad SMARTS) is 1. The number of amidine groups is 1. The van der Waals surface area contributed by atoms with Gasteiger partial charge in [-0.05, 0) is 89.2 Å². The first-order chi connectivity index (χ1) is 14.9. The molecule has 162 valence electrons. The van der Waals surface area contributed by atoms with Gasteiger partial charge in [0.25, 0.3) is 5.91 Å². The van der Waals surface area contributed by atoms with Crippen molar-refractivity contribution < 1.29 is 24.2 Å². The molecular formula is C22H21IN2O5S. The second-order valence-corrected chi connectivity index (χ2v) is 8.64. The number of ether oxygens (including phenoxy) is 2. The van der Waals surface area contributed by atoms with Crippen LogP contribution in [-0.2, 0) is 16.0 Å². The summed E-state index contributed by atoms with van der Waals surface area (Å²) in [5, 5.41) is 12.2. The third-order valence-corrected chi connectivity index (χ3v) is 5.91. The molecule has 0 unspecified atom stereocenters. The summed E-state index contributed by atoms with van der Waals surface area (Å²) in [5.41, 5.74) is 2.74. The lowest BCUT2D eigenvalue weighted by Crippen LogP contribution is -2.19.